The molecule has 0 amide bonds. The summed E-state index contributed by atoms with van der Waals surface area (Å²) in [6.45, 7) is 0. The van der Waals surface area contributed by atoms with Crippen molar-refractivity contribution in [1.29, 1.82) is 5.41 Å². The second-order valence-corrected chi connectivity index (χ2v) is 6.43. The second-order valence-electron chi connectivity index (χ2n) is 6.43. The summed E-state index contributed by atoms with van der Waals surface area (Å²) < 4.78 is 0. The van der Waals surface area contributed by atoms with Gasteiger partial charge in [-0.25, -0.2) is 0 Å². The van der Waals surface area contributed by atoms with Crippen LogP contribution < -0.4 is 0 Å². The zero-order valence-corrected chi connectivity index (χ0v) is 13.9. The molecule has 3 rings (SSSR count). The van der Waals surface area contributed by atoms with E-state index in [-0.39, 0.29) is 23.1 Å². The Hall–Kier alpha value is -2.82. The van der Waals surface area contributed by atoms with Gasteiger partial charge in [-0.05, 0) is 24.5 Å². The summed E-state index contributed by atoms with van der Waals surface area (Å²) in [4.78, 5) is 23.3. The van der Waals surface area contributed by atoms with Gasteiger partial charge in [-0.15, -0.1) is 0 Å². The molecule has 0 saturated heterocycles. The molecular formula is C20H20N2O3. The Balaban J connectivity index is 1.82. The molecule has 1 aliphatic rings. The minimum Gasteiger partial charge on any atom is -0.301 e. The molecule has 0 spiro atoms. The van der Waals surface area contributed by atoms with Crippen LogP contribution in [0.5, 0.6) is 0 Å². The number of benzene rings is 2. The van der Waals surface area contributed by atoms with Gasteiger partial charge < -0.3 is 5.41 Å². The Morgan fingerprint density at radius 1 is 1.00 bits per heavy atom. The number of nitrogens with zero attached hydrogens (tertiary/aromatic N) is 1. The minimum absolute atomic E-state index is 0.0384. The first-order valence-corrected chi connectivity index (χ1v) is 8.55. The number of ketones is 1. The number of hydrogen-bond donors (Lipinski definition) is 1. The Kier molecular flexibility index (Phi) is 5.03. The van der Waals surface area contributed by atoms with Crippen molar-refractivity contribution >= 4 is 17.2 Å². The number of hydrogen-bond acceptors (Lipinski definition) is 4. The molecule has 1 N–H and O–H groups in total. The standard InChI is InChI=1S/C20H20N2O3/c21-19(15-6-2-1-3-7-15)20(23)16-12-10-14(11-13-16)17-8-4-5-9-18(17)22(24)25/h4-5,8-13,15,21H,1-3,6-7H2. The number of nitro benzene ring substituents is 1. The summed E-state index contributed by atoms with van der Waals surface area (Å²) in [5.74, 6) is -0.169. The maximum Gasteiger partial charge on any atom is 0.277 e. The Bertz CT molecular complexity index is 806. The average molecular weight is 336 g/mol. The van der Waals surface area contributed by atoms with Crippen molar-refractivity contribution < 1.29 is 9.72 Å². The molecule has 5 heteroatoms. The molecule has 2 aromatic rings. The van der Waals surface area contributed by atoms with Crippen LogP contribution in [0, 0.1) is 21.4 Å². The van der Waals surface area contributed by atoms with Crippen LogP contribution in [0.1, 0.15) is 42.5 Å². The highest BCUT2D eigenvalue weighted by Gasteiger charge is 2.24. The summed E-state index contributed by atoms with van der Waals surface area (Å²) in [5.41, 5.74) is 1.91. The van der Waals surface area contributed by atoms with Crippen LogP contribution >= 0.6 is 0 Å². The lowest BCUT2D eigenvalue weighted by molar-refractivity contribution is -0.384. The van der Waals surface area contributed by atoms with Crippen molar-refractivity contribution in [2.75, 3.05) is 0 Å². The first-order valence-electron chi connectivity index (χ1n) is 8.55. The Labute approximate surface area is 146 Å². The second kappa shape index (κ2) is 7.38. The first-order chi connectivity index (χ1) is 12.1. The number of nitro groups is 1. The molecule has 2 aromatic carbocycles. The zero-order valence-electron chi connectivity index (χ0n) is 13.9. The third kappa shape index (κ3) is 3.65. The van der Waals surface area contributed by atoms with E-state index in [4.69, 9.17) is 5.41 Å². The third-order valence-corrected chi connectivity index (χ3v) is 4.82. The summed E-state index contributed by atoms with van der Waals surface area (Å²) in [7, 11) is 0. The number of carbonyl (C=O) groups is 1. The fraction of sp³-hybridized carbons (Fsp3) is 0.300. The molecule has 0 aromatic heterocycles. The minimum atomic E-state index is -0.410. The van der Waals surface area contributed by atoms with Crippen LogP contribution in [0.2, 0.25) is 0 Å². The molecule has 128 valence electrons. The summed E-state index contributed by atoms with van der Waals surface area (Å²) in [6, 6.07) is 13.3. The average Bonchev–Trinajstić information content (AvgIpc) is 2.67. The van der Waals surface area contributed by atoms with Gasteiger partial charge in [0.2, 0.25) is 5.78 Å². The smallest absolute Gasteiger partial charge is 0.277 e. The van der Waals surface area contributed by atoms with Crippen molar-refractivity contribution in [3.8, 4) is 11.1 Å². The highest BCUT2D eigenvalue weighted by atomic mass is 16.6. The maximum atomic E-state index is 12.5. The molecule has 1 saturated carbocycles. The highest BCUT2D eigenvalue weighted by molar-refractivity contribution is 6.45. The maximum absolute atomic E-state index is 12.5. The Morgan fingerprint density at radius 3 is 2.28 bits per heavy atom. The van der Waals surface area contributed by atoms with E-state index in [0.29, 0.717) is 16.7 Å². The fourth-order valence-corrected chi connectivity index (χ4v) is 3.41. The van der Waals surface area contributed by atoms with Crippen LogP contribution in [-0.2, 0) is 0 Å². The van der Waals surface area contributed by atoms with E-state index in [1.807, 2.05) is 0 Å². The molecule has 0 bridgehead atoms. The van der Waals surface area contributed by atoms with E-state index in [2.05, 4.69) is 0 Å². The van der Waals surface area contributed by atoms with Gasteiger partial charge in [0.05, 0.1) is 16.2 Å². The van der Waals surface area contributed by atoms with Crippen molar-refractivity contribution in [3.63, 3.8) is 0 Å². The number of Topliss-reactive ketones (excluding diaryl/α,β-unsaturated/α-hetero) is 1. The monoisotopic (exact) mass is 336 g/mol. The van der Waals surface area contributed by atoms with Crippen molar-refractivity contribution in [2.45, 2.75) is 32.1 Å². The molecule has 0 atom stereocenters. The van der Waals surface area contributed by atoms with E-state index < -0.39 is 4.92 Å². The van der Waals surface area contributed by atoms with Crippen molar-refractivity contribution in [2.24, 2.45) is 5.92 Å². The number of carbonyl (C=O) groups excluding carboxylic acids is 1. The largest absolute Gasteiger partial charge is 0.301 e. The van der Waals surface area contributed by atoms with Gasteiger partial charge in [-0.3, -0.25) is 14.9 Å². The summed E-state index contributed by atoms with van der Waals surface area (Å²) >= 11 is 0. The lowest BCUT2D eigenvalue weighted by Crippen LogP contribution is -2.25. The predicted octanol–water partition coefficient (Wildman–Crippen LogP) is 5.04. The lowest BCUT2D eigenvalue weighted by Gasteiger charge is -2.21. The van der Waals surface area contributed by atoms with Gasteiger partial charge in [0.25, 0.3) is 5.69 Å². The molecule has 1 aliphatic carbocycles. The van der Waals surface area contributed by atoms with E-state index >= 15 is 0 Å². The predicted molar refractivity (Wildman–Crippen MR) is 97.2 cm³/mol. The van der Waals surface area contributed by atoms with E-state index in [9.17, 15) is 14.9 Å². The number of para-hydroxylation sites is 1. The molecule has 0 unspecified atom stereocenters. The third-order valence-electron chi connectivity index (χ3n) is 4.82. The molecule has 1 fully saturated rings. The molecule has 0 aliphatic heterocycles. The SMILES string of the molecule is N=C(C(=O)c1ccc(-c2ccccc2[N+](=O)[O-])cc1)C1CCCCC1. The van der Waals surface area contributed by atoms with Crippen LogP contribution in [0.4, 0.5) is 5.69 Å². The van der Waals surface area contributed by atoms with Crippen LogP contribution in [0.15, 0.2) is 48.5 Å². The highest BCUT2D eigenvalue weighted by Crippen LogP contribution is 2.30. The zero-order chi connectivity index (χ0) is 17.8. The normalized spacial score (nSPS) is 14.9. The summed E-state index contributed by atoms with van der Waals surface area (Å²) in [5, 5.41) is 19.4. The lowest BCUT2D eigenvalue weighted by atomic mass is 9.83. The van der Waals surface area contributed by atoms with Crippen LogP contribution in [0.25, 0.3) is 11.1 Å². The van der Waals surface area contributed by atoms with E-state index in [1.54, 1.807) is 42.5 Å². The van der Waals surface area contributed by atoms with Crippen LogP contribution in [-0.4, -0.2) is 16.4 Å². The summed E-state index contributed by atoms with van der Waals surface area (Å²) in [6.07, 6.45) is 5.17. The molecule has 25 heavy (non-hydrogen) atoms. The first kappa shape index (κ1) is 17.0. The molecule has 5 nitrogen and oxygen atoms in total. The Morgan fingerprint density at radius 2 is 1.64 bits per heavy atom. The number of rotatable bonds is 5. The van der Waals surface area contributed by atoms with Gasteiger partial charge in [0.15, 0.2) is 0 Å². The molecule has 0 radical (unpaired) electrons. The molecule has 0 heterocycles. The fourth-order valence-electron chi connectivity index (χ4n) is 3.41. The van der Waals surface area contributed by atoms with E-state index in [0.717, 1.165) is 25.7 Å². The van der Waals surface area contributed by atoms with Crippen molar-refractivity contribution in [3.05, 3.63) is 64.2 Å². The van der Waals surface area contributed by atoms with Gasteiger partial charge in [0.1, 0.15) is 0 Å². The van der Waals surface area contributed by atoms with Gasteiger partial charge in [0, 0.05) is 17.5 Å². The van der Waals surface area contributed by atoms with E-state index in [1.165, 1.54) is 12.5 Å². The topological polar surface area (TPSA) is 84.1 Å². The van der Waals surface area contributed by atoms with Gasteiger partial charge in [-0.1, -0.05) is 55.7 Å². The molecular weight excluding hydrogens is 316 g/mol. The quantitative estimate of drug-likeness (QED) is 0.359. The van der Waals surface area contributed by atoms with Gasteiger partial charge >= 0.3 is 0 Å². The van der Waals surface area contributed by atoms with Crippen LogP contribution in [0.3, 0.4) is 0 Å². The number of nitrogens with one attached hydrogen (secondary N) is 1. The van der Waals surface area contributed by atoms with Gasteiger partial charge in [-0.2, -0.15) is 0 Å². The van der Waals surface area contributed by atoms with Crippen molar-refractivity contribution in [1.82, 2.24) is 0 Å².